The number of methoxy groups -OCH3 is 1. The van der Waals surface area contributed by atoms with Gasteiger partial charge in [0.1, 0.15) is 18.2 Å². The Morgan fingerprint density at radius 3 is 2.52 bits per heavy atom. The molecule has 0 saturated heterocycles. The highest BCUT2D eigenvalue weighted by molar-refractivity contribution is 5.48. The maximum atomic E-state index is 5.17. The summed E-state index contributed by atoms with van der Waals surface area (Å²) >= 11 is 0. The van der Waals surface area contributed by atoms with Gasteiger partial charge in [-0.05, 0) is 43.4 Å². The van der Waals surface area contributed by atoms with Gasteiger partial charge < -0.3 is 15.4 Å². The van der Waals surface area contributed by atoms with Crippen molar-refractivity contribution < 1.29 is 4.74 Å². The molecule has 0 unspecified atom stereocenters. The molecule has 0 amide bonds. The highest BCUT2D eigenvalue weighted by Gasteiger charge is 2.53. The van der Waals surface area contributed by atoms with Crippen LogP contribution < -0.4 is 10.6 Å². The maximum absolute atomic E-state index is 5.17. The Hall–Kier alpha value is -1.36. The zero-order valence-corrected chi connectivity index (χ0v) is 13.1. The van der Waals surface area contributed by atoms with Gasteiger partial charge in [-0.25, -0.2) is 9.97 Å². The number of ether oxygens (including phenoxy) is 1. The zero-order chi connectivity index (χ0) is 14.7. The van der Waals surface area contributed by atoms with Gasteiger partial charge >= 0.3 is 0 Å². The highest BCUT2D eigenvalue weighted by Crippen LogP contribution is 2.61. The van der Waals surface area contributed by atoms with E-state index in [2.05, 4.69) is 27.5 Å². The normalized spacial score (nSPS) is 19.3. The van der Waals surface area contributed by atoms with E-state index in [1.54, 1.807) is 7.11 Å². The Morgan fingerprint density at radius 1 is 1.24 bits per heavy atom. The first-order valence-electron chi connectivity index (χ1n) is 8.10. The van der Waals surface area contributed by atoms with Crippen molar-refractivity contribution in [1.29, 1.82) is 0 Å². The number of hydrogen-bond donors (Lipinski definition) is 2. The highest BCUT2D eigenvalue weighted by atomic mass is 16.5. The van der Waals surface area contributed by atoms with Gasteiger partial charge in [0, 0.05) is 26.3 Å². The Kier molecular flexibility index (Phi) is 4.29. The van der Waals surface area contributed by atoms with Crippen LogP contribution in [0.25, 0.3) is 0 Å². The first kappa shape index (κ1) is 14.6. The van der Waals surface area contributed by atoms with Crippen LogP contribution in [0.2, 0.25) is 0 Å². The Balaban J connectivity index is 1.65. The van der Waals surface area contributed by atoms with Crippen LogP contribution in [0.5, 0.6) is 0 Å². The summed E-state index contributed by atoms with van der Waals surface area (Å²) in [5, 5.41) is 6.87. The van der Waals surface area contributed by atoms with E-state index >= 15 is 0 Å². The third-order valence-corrected chi connectivity index (χ3v) is 4.56. The van der Waals surface area contributed by atoms with E-state index in [4.69, 9.17) is 4.74 Å². The lowest BCUT2D eigenvalue weighted by molar-refractivity contribution is 0.178. The molecule has 2 aliphatic rings. The van der Waals surface area contributed by atoms with Crippen LogP contribution >= 0.6 is 0 Å². The third-order valence-electron chi connectivity index (χ3n) is 4.56. The Labute approximate surface area is 126 Å². The van der Waals surface area contributed by atoms with E-state index in [9.17, 15) is 0 Å². The number of nitrogens with one attached hydrogen (secondary N) is 2. The molecule has 5 heteroatoms. The molecule has 2 aliphatic carbocycles. The molecule has 1 aromatic rings. The lowest BCUT2D eigenvalue weighted by Gasteiger charge is -2.16. The maximum Gasteiger partial charge on any atom is 0.158 e. The lowest BCUT2D eigenvalue weighted by atomic mass is 10.0. The number of aromatic nitrogens is 2. The minimum absolute atomic E-state index is 0.449. The van der Waals surface area contributed by atoms with Gasteiger partial charge in [-0.2, -0.15) is 0 Å². The van der Waals surface area contributed by atoms with E-state index in [0.29, 0.717) is 12.0 Å². The molecule has 116 valence electrons. The number of hydrogen-bond acceptors (Lipinski definition) is 5. The molecular weight excluding hydrogens is 264 g/mol. The van der Waals surface area contributed by atoms with E-state index in [1.807, 2.05) is 6.07 Å². The fraction of sp³-hybridized carbons (Fsp3) is 0.750. The summed E-state index contributed by atoms with van der Waals surface area (Å²) in [5.74, 6) is 3.50. The van der Waals surface area contributed by atoms with E-state index < -0.39 is 0 Å². The van der Waals surface area contributed by atoms with Crippen LogP contribution in [0, 0.1) is 11.3 Å². The summed E-state index contributed by atoms with van der Waals surface area (Å²) in [6, 6.07) is 2.01. The fourth-order valence-corrected chi connectivity index (χ4v) is 2.98. The SMILES string of the molecule is CCCNc1cc(NCC2(C3CC3)CC2)nc(COC)n1. The summed E-state index contributed by atoms with van der Waals surface area (Å²) in [5.41, 5.74) is 0.573. The van der Waals surface area contributed by atoms with Crippen molar-refractivity contribution in [3.05, 3.63) is 11.9 Å². The van der Waals surface area contributed by atoms with E-state index in [1.165, 1.54) is 25.7 Å². The van der Waals surface area contributed by atoms with Crippen LogP contribution in [0.3, 0.4) is 0 Å². The van der Waals surface area contributed by atoms with Gasteiger partial charge in [0.05, 0.1) is 0 Å². The quantitative estimate of drug-likeness (QED) is 0.732. The number of rotatable bonds is 9. The molecule has 0 spiro atoms. The molecule has 5 nitrogen and oxygen atoms in total. The van der Waals surface area contributed by atoms with Gasteiger partial charge in [0.2, 0.25) is 0 Å². The molecule has 2 fully saturated rings. The van der Waals surface area contributed by atoms with E-state index in [0.717, 1.165) is 42.9 Å². The van der Waals surface area contributed by atoms with Crippen molar-refractivity contribution in [1.82, 2.24) is 9.97 Å². The summed E-state index contributed by atoms with van der Waals surface area (Å²) in [6.07, 6.45) is 6.67. The second-order valence-electron chi connectivity index (χ2n) is 6.40. The van der Waals surface area contributed by atoms with Crippen LogP contribution in [0.4, 0.5) is 11.6 Å². The minimum Gasteiger partial charge on any atom is -0.377 e. The van der Waals surface area contributed by atoms with Crippen LogP contribution in [-0.4, -0.2) is 30.2 Å². The molecule has 3 rings (SSSR count). The van der Waals surface area contributed by atoms with Crippen molar-refractivity contribution in [2.75, 3.05) is 30.8 Å². The van der Waals surface area contributed by atoms with Crippen LogP contribution in [-0.2, 0) is 11.3 Å². The van der Waals surface area contributed by atoms with E-state index in [-0.39, 0.29) is 0 Å². The Morgan fingerprint density at radius 2 is 1.95 bits per heavy atom. The first-order chi connectivity index (χ1) is 10.3. The largest absolute Gasteiger partial charge is 0.377 e. The molecular formula is C16H26N4O. The van der Waals surface area contributed by atoms with Gasteiger partial charge in [-0.15, -0.1) is 0 Å². The first-order valence-corrected chi connectivity index (χ1v) is 8.10. The standard InChI is InChI=1S/C16H26N4O/c1-3-8-17-13-9-14(20-15(19-13)10-21-2)18-11-16(6-7-16)12-4-5-12/h9,12H,3-8,10-11H2,1-2H3,(H2,17,18,19,20). The van der Waals surface area contributed by atoms with Gasteiger partial charge in [-0.3, -0.25) is 0 Å². The summed E-state index contributed by atoms with van der Waals surface area (Å²) in [7, 11) is 1.68. The average molecular weight is 290 g/mol. The molecule has 2 saturated carbocycles. The molecule has 21 heavy (non-hydrogen) atoms. The smallest absolute Gasteiger partial charge is 0.158 e. The summed E-state index contributed by atoms with van der Waals surface area (Å²) in [6.45, 7) is 4.57. The Bertz CT molecular complexity index is 483. The molecule has 2 N–H and O–H groups in total. The second kappa shape index (κ2) is 6.18. The van der Waals surface area contributed by atoms with Crippen molar-refractivity contribution >= 4 is 11.6 Å². The topological polar surface area (TPSA) is 59.1 Å². The van der Waals surface area contributed by atoms with Crippen molar-refractivity contribution in [2.45, 2.75) is 45.6 Å². The summed E-state index contributed by atoms with van der Waals surface area (Å²) < 4.78 is 5.17. The van der Waals surface area contributed by atoms with Crippen LogP contribution in [0.1, 0.15) is 44.9 Å². The molecule has 1 heterocycles. The molecule has 0 bridgehead atoms. The zero-order valence-electron chi connectivity index (χ0n) is 13.1. The third kappa shape index (κ3) is 3.64. The van der Waals surface area contributed by atoms with Crippen LogP contribution in [0.15, 0.2) is 6.07 Å². The molecule has 0 atom stereocenters. The van der Waals surface area contributed by atoms with Gasteiger partial charge in [0.25, 0.3) is 0 Å². The van der Waals surface area contributed by atoms with Gasteiger partial charge in [0.15, 0.2) is 5.82 Å². The molecule has 0 radical (unpaired) electrons. The van der Waals surface area contributed by atoms with Crippen molar-refractivity contribution in [3.63, 3.8) is 0 Å². The predicted molar refractivity (Wildman–Crippen MR) is 84.4 cm³/mol. The lowest BCUT2D eigenvalue weighted by Crippen LogP contribution is -2.19. The van der Waals surface area contributed by atoms with Crippen molar-refractivity contribution in [2.24, 2.45) is 11.3 Å². The second-order valence-corrected chi connectivity index (χ2v) is 6.40. The molecule has 0 aliphatic heterocycles. The fourth-order valence-electron chi connectivity index (χ4n) is 2.98. The van der Waals surface area contributed by atoms with Gasteiger partial charge in [-0.1, -0.05) is 6.92 Å². The van der Waals surface area contributed by atoms with Crippen molar-refractivity contribution in [3.8, 4) is 0 Å². The average Bonchev–Trinajstić information content (AvgIpc) is 3.36. The predicted octanol–water partition coefficient (Wildman–Crippen LogP) is 3.05. The molecule has 1 aromatic heterocycles. The summed E-state index contributed by atoms with van der Waals surface area (Å²) in [4.78, 5) is 9.04. The number of nitrogens with zero attached hydrogens (tertiary/aromatic N) is 2. The molecule has 0 aromatic carbocycles. The monoisotopic (exact) mass is 290 g/mol. The number of anilines is 2. The minimum atomic E-state index is 0.449.